The molecule has 0 N–H and O–H groups in total. The molecule has 6 heterocycles. The highest BCUT2D eigenvalue weighted by molar-refractivity contribution is 5.02. The van der Waals surface area contributed by atoms with E-state index in [-0.39, 0.29) is 0 Å². The van der Waals surface area contributed by atoms with Gasteiger partial charge in [-0.05, 0) is 137 Å². The molecule has 0 saturated carbocycles. The van der Waals surface area contributed by atoms with Crippen LogP contribution < -0.4 is 0 Å². The van der Waals surface area contributed by atoms with Crippen molar-refractivity contribution in [3.05, 3.63) is 0 Å². The van der Waals surface area contributed by atoms with Crippen molar-refractivity contribution in [1.29, 1.82) is 0 Å². The van der Waals surface area contributed by atoms with Crippen LogP contribution in [0.4, 0.5) is 0 Å². The molecule has 250 valence electrons. The Balaban J connectivity index is 0.000000171. The molecule has 6 aliphatic heterocycles. The van der Waals surface area contributed by atoms with Crippen molar-refractivity contribution in [2.45, 2.75) is 162 Å². The SMILES string of the molecule is CCC(C)N1C2CCC1CN(CC1CCN(C(C)C)CC1)C2.CCC(C)N1CCC(CN2C3CC2CN(C(C)C)C3)CC1. The van der Waals surface area contributed by atoms with Gasteiger partial charge >= 0.3 is 0 Å². The van der Waals surface area contributed by atoms with Crippen molar-refractivity contribution < 1.29 is 0 Å². The molecule has 0 spiro atoms. The fraction of sp³-hybridized carbons (Fsp3) is 1.00. The molecular formula is C37H72N6. The number of fused-ring (bicyclic) bond motifs is 4. The van der Waals surface area contributed by atoms with Gasteiger partial charge in [-0.3, -0.25) is 19.6 Å². The lowest BCUT2D eigenvalue weighted by atomic mass is 9.84. The lowest BCUT2D eigenvalue weighted by Gasteiger charge is -2.58. The van der Waals surface area contributed by atoms with Gasteiger partial charge in [-0.2, -0.15) is 0 Å². The van der Waals surface area contributed by atoms with E-state index in [0.29, 0.717) is 0 Å². The van der Waals surface area contributed by atoms with Crippen molar-refractivity contribution >= 4 is 0 Å². The summed E-state index contributed by atoms with van der Waals surface area (Å²) >= 11 is 0. The fourth-order valence-electron chi connectivity index (χ4n) is 9.69. The van der Waals surface area contributed by atoms with Crippen LogP contribution >= 0.6 is 0 Å². The fourth-order valence-corrected chi connectivity index (χ4v) is 9.69. The number of likely N-dealkylation sites (tertiary alicyclic amines) is 5. The van der Waals surface area contributed by atoms with Gasteiger partial charge in [0.1, 0.15) is 0 Å². The first-order chi connectivity index (χ1) is 20.7. The van der Waals surface area contributed by atoms with E-state index in [0.717, 1.165) is 60.2 Å². The van der Waals surface area contributed by atoms with E-state index in [1.807, 2.05) is 0 Å². The monoisotopic (exact) mass is 601 g/mol. The van der Waals surface area contributed by atoms with Crippen LogP contribution in [0.3, 0.4) is 0 Å². The summed E-state index contributed by atoms with van der Waals surface area (Å²) in [6.45, 7) is 32.2. The van der Waals surface area contributed by atoms with Gasteiger partial charge in [0.2, 0.25) is 0 Å². The summed E-state index contributed by atoms with van der Waals surface area (Å²) in [7, 11) is 0. The highest BCUT2D eigenvalue weighted by Crippen LogP contribution is 2.36. The second kappa shape index (κ2) is 15.6. The quantitative estimate of drug-likeness (QED) is 0.317. The molecule has 6 atom stereocenters. The summed E-state index contributed by atoms with van der Waals surface area (Å²) in [5.41, 5.74) is 0. The third-order valence-electron chi connectivity index (χ3n) is 13.0. The minimum atomic E-state index is 0.732. The Kier molecular flexibility index (Phi) is 12.3. The maximum Gasteiger partial charge on any atom is 0.0242 e. The van der Waals surface area contributed by atoms with E-state index in [1.165, 1.54) is 123 Å². The second-order valence-corrected chi connectivity index (χ2v) is 16.4. The number of piperidine rings is 3. The first-order valence-electron chi connectivity index (χ1n) is 19.1. The molecular weight excluding hydrogens is 528 g/mol. The largest absolute Gasteiger partial charge is 0.301 e. The van der Waals surface area contributed by atoms with Crippen molar-refractivity contribution in [1.82, 2.24) is 29.4 Å². The summed E-state index contributed by atoms with van der Waals surface area (Å²) in [4.78, 5) is 16.6. The van der Waals surface area contributed by atoms with E-state index in [9.17, 15) is 0 Å². The third kappa shape index (κ3) is 8.38. The molecule has 6 fully saturated rings. The zero-order valence-corrected chi connectivity index (χ0v) is 29.9. The Morgan fingerprint density at radius 3 is 1.49 bits per heavy atom. The predicted molar refractivity (Wildman–Crippen MR) is 184 cm³/mol. The molecule has 0 aromatic rings. The van der Waals surface area contributed by atoms with E-state index in [4.69, 9.17) is 0 Å². The van der Waals surface area contributed by atoms with Crippen LogP contribution in [0.25, 0.3) is 0 Å². The zero-order valence-electron chi connectivity index (χ0n) is 29.9. The minimum Gasteiger partial charge on any atom is -0.301 e. The molecule has 6 heteroatoms. The maximum atomic E-state index is 2.86. The summed E-state index contributed by atoms with van der Waals surface area (Å²) in [6, 6.07) is 6.49. The molecule has 6 aliphatic rings. The lowest BCUT2D eigenvalue weighted by molar-refractivity contribution is -0.0889. The van der Waals surface area contributed by atoms with Crippen LogP contribution in [-0.2, 0) is 0 Å². The van der Waals surface area contributed by atoms with E-state index in [1.54, 1.807) is 0 Å². The standard InChI is InChI=1S/C19H37N3.C18H35N3/c1-5-16(4)22-18-6-7-19(22)14-20(13-18)12-17-8-10-21(11-9-17)15(2)3;1-5-15(4)19-8-6-16(7-9-19)11-21-17-10-18(21)13-20(12-17)14(2)3/h15-19H,5-14H2,1-4H3;14-18H,5-13H2,1-4H3. The summed E-state index contributed by atoms with van der Waals surface area (Å²) in [5, 5.41) is 0. The van der Waals surface area contributed by atoms with Crippen molar-refractivity contribution in [2.75, 3.05) is 65.4 Å². The number of piperazine rings is 2. The number of hydrogen-bond donors (Lipinski definition) is 0. The van der Waals surface area contributed by atoms with E-state index < -0.39 is 0 Å². The van der Waals surface area contributed by atoms with Gasteiger partial charge in [0.15, 0.2) is 0 Å². The first kappa shape index (κ1) is 34.1. The molecule has 6 unspecified atom stereocenters. The molecule has 43 heavy (non-hydrogen) atoms. The number of hydrogen-bond acceptors (Lipinski definition) is 6. The Labute approximate surface area is 267 Å². The van der Waals surface area contributed by atoms with Crippen molar-refractivity contribution in [3.8, 4) is 0 Å². The summed E-state index contributed by atoms with van der Waals surface area (Å²) < 4.78 is 0. The maximum absolute atomic E-state index is 2.86. The Morgan fingerprint density at radius 2 is 1.00 bits per heavy atom. The summed E-state index contributed by atoms with van der Waals surface area (Å²) in [5.74, 6) is 1.91. The van der Waals surface area contributed by atoms with Gasteiger partial charge in [0.05, 0.1) is 0 Å². The summed E-state index contributed by atoms with van der Waals surface area (Å²) in [6.07, 6.45) is 12.6. The second-order valence-electron chi connectivity index (χ2n) is 16.4. The first-order valence-corrected chi connectivity index (χ1v) is 19.1. The van der Waals surface area contributed by atoms with Gasteiger partial charge in [-0.15, -0.1) is 0 Å². The molecule has 0 aromatic carbocycles. The smallest absolute Gasteiger partial charge is 0.0242 e. The van der Waals surface area contributed by atoms with Crippen LogP contribution in [0.2, 0.25) is 0 Å². The molecule has 0 radical (unpaired) electrons. The minimum absolute atomic E-state index is 0.732. The van der Waals surface area contributed by atoms with Crippen LogP contribution in [0, 0.1) is 11.8 Å². The van der Waals surface area contributed by atoms with Gasteiger partial charge in [-0.25, -0.2) is 0 Å². The molecule has 4 bridgehead atoms. The molecule has 0 aliphatic carbocycles. The van der Waals surface area contributed by atoms with Gasteiger partial charge in [0, 0.05) is 87.6 Å². The Bertz CT molecular complexity index is 792. The van der Waals surface area contributed by atoms with Gasteiger partial charge < -0.3 is 9.80 Å². The molecule has 6 nitrogen and oxygen atoms in total. The number of rotatable bonds is 10. The van der Waals surface area contributed by atoms with Crippen molar-refractivity contribution in [2.24, 2.45) is 11.8 Å². The average molecular weight is 601 g/mol. The number of nitrogens with zero attached hydrogens (tertiary/aromatic N) is 6. The van der Waals surface area contributed by atoms with Crippen molar-refractivity contribution in [3.63, 3.8) is 0 Å². The van der Waals surface area contributed by atoms with Gasteiger partial charge in [-0.1, -0.05) is 13.8 Å². The Hall–Kier alpha value is -0.240. The zero-order chi connectivity index (χ0) is 30.7. The topological polar surface area (TPSA) is 19.4 Å². The molecule has 0 aromatic heterocycles. The van der Waals surface area contributed by atoms with Crippen LogP contribution in [0.15, 0.2) is 0 Å². The molecule has 6 saturated heterocycles. The normalized spacial score (nSPS) is 33.9. The Morgan fingerprint density at radius 1 is 0.512 bits per heavy atom. The van der Waals surface area contributed by atoms with Crippen LogP contribution in [0.1, 0.15) is 113 Å². The van der Waals surface area contributed by atoms with Crippen LogP contribution in [0.5, 0.6) is 0 Å². The van der Waals surface area contributed by atoms with E-state index >= 15 is 0 Å². The van der Waals surface area contributed by atoms with Gasteiger partial charge in [0.25, 0.3) is 0 Å². The van der Waals surface area contributed by atoms with E-state index in [2.05, 4.69) is 84.8 Å². The highest BCUT2D eigenvalue weighted by atomic mass is 15.4. The lowest BCUT2D eigenvalue weighted by Crippen LogP contribution is -2.70. The highest BCUT2D eigenvalue weighted by Gasteiger charge is 2.46. The third-order valence-corrected chi connectivity index (χ3v) is 13.0. The predicted octanol–water partition coefficient (Wildman–Crippen LogP) is 5.72. The average Bonchev–Trinajstić information content (AvgIpc) is 3.29. The molecule has 0 amide bonds. The van der Waals surface area contributed by atoms with Crippen LogP contribution in [-0.4, -0.2) is 143 Å². The molecule has 6 rings (SSSR count).